The second-order valence-electron chi connectivity index (χ2n) is 16.0. The van der Waals surface area contributed by atoms with Gasteiger partial charge in [0.25, 0.3) is 0 Å². The van der Waals surface area contributed by atoms with Crippen molar-refractivity contribution in [1.29, 1.82) is 0 Å². The molecule has 0 spiro atoms. The van der Waals surface area contributed by atoms with Crippen molar-refractivity contribution in [3.05, 3.63) is 71.5 Å². The summed E-state index contributed by atoms with van der Waals surface area (Å²) in [5.41, 5.74) is 5.29. The largest absolute Gasteiger partial charge is 0.453 e. The molecule has 58 heavy (non-hydrogen) atoms. The number of alkyl carbamates (subject to hydrolysis) is 2. The van der Waals surface area contributed by atoms with Crippen LogP contribution in [-0.2, 0) is 19.1 Å². The third-order valence-electron chi connectivity index (χ3n) is 11.6. The number of piperidine rings is 1. The topological polar surface area (TPSA) is 175 Å². The van der Waals surface area contributed by atoms with Crippen LogP contribution in [0.5, 0.6) is 0 Å². The number of aromatic amines is 2. The molecule has 14 nitrogen and oxygen atoms in total. The lowest BCUT2D eigenvalue weighted by molar-refractivity contribution is -0.137. The third kappa shape index (κ3) is 8.28. The van der Waals surface area contributed by atoms with Crippen LogP contribution in [0.1, 0.15) is 70.7 Å². The molecule has 7 atom stereocenters. The first-order valence-corrected chi connectivity index (χ1v) is 21.3. The van der Waals surface area contributed by atoms with Crippen molar-refractivity contribution in [2.24, 2.45) is 17.8 Å². The number of thioether (sulfide) groups is 1. The fourth-order valence-corrected chi connectivity index (χ4v) is 9.19. The van der Waals surface area contributed by atoms with Crippen LogP contribution in [0.4, 0.5) is 9.59 Å². The summed E-state index contributed by atoms with van der Waals surface area (Å²) >= 11 is 8.47. The van der Waals surface area contributed by atoms with Crippen LogP contribution >= 0.6 is 23.4 Å². The molecule has 308 valence electrons. The number of amides is 4. The van der Waals surface area contributed by atoms with Crippen LogP contribution in [0.15, 0.2) is 54.7 Å². The second kappa shape index (κ2) is 17.1. The van der Waals surface area contributed by atoms with Gasteiger partial charge in [0.1, 0.15) is 34.6 Å². The van der Waals surface area contributed by atoms with Gasteiger partial charge < -0.3 is 39.9 Å². The number of rotatable bonds is 12. The molecule has 16 heteroatoms. The first kappa shape index (κ1) is 41.2. The van der Waals surface area contributed by atoms with Gasteiger partial charge in [-0.3, -0.25) is 9.59 Å². The first-order chi connectivity index (χ1) is 27.8. The van der Waals surface area contributed by atoms with E-state index in [2.05, 4.69) is 32.7 Å². The predicted octanol–water partition coefficient (Wildman–Crippen LogP) is 7.22. The maximum Gasteiger partial charge on any atom is 0.407 e. The molecule has 4 heterocycles. The molecule has 4 amide bonds. The van der Waals surface area contributed by atoms with E-state index >= 15 is 0 Å². The first-order valence-electron chi connectivity index (χ1n) is 19.7. The minimum atomic E-state index is -0.715. The highest BCUT2D eigenvalue weighted by atomic mass is 35.5. The quantitative estimate of drug-likeness (QED) is 0.115. The fourth-order valence-electron chi connectivity index (χ4n) is 8.26. The van der Waals surface area contributed by atoms with Crippen molar-refractivity contribution in [2.75, 3.05) is 27.0 Å². The Morgan fingerprint density at radius 3 is 1.91 bits per heavy atom. The van der Waals surface area contributed by atoms with Crippen molar-refractivity contribution >= 4 is 47.4 Å². The molecule has 0 unspecified atom stereocenters. The molecule has 4 aromatic rings. The molecule has 1 saturated carbocycles. The van der Waals surface area contributed by atoms with E-state index in [4.69, 9.17) is 31.0 Å². The zero-order chi connectivity index (χ0) is 41.4. The number of carbonyl (C=O) groups excluding carboxylic acids is 4. The number of methoxy groups -OCH3 is 2. The molecule has 0 bridgehead atoms. The van der Waals surface area contributed by atoms with Gasteiger partial charge in [-0.05, 0) is 60.0 Å². The molecule has 1 aliphatic carbocycles. The Kier molecular flexibility index (Phi) is 12.1. The summed E-state index contributed by atoms with van der Waals surface area (Å²) in [5.74, 6) is 1.19. The van der Waals surface area contributed by atoms with Gasteiger partial charge in [-0.15, -0.1) is 0 Å². The van der Waals surface area contributed by atoms with E-state index in [0.29, 0.717) is 35.0 Å². The molecule has 0 radical (unpaired) electrons. The SMILES string of the molecule is COC(=O)N[C@H](C(=O)N1C[C@@H](SC)C[C@H]1c1ncc(-c2ccc(-c3ccc(-c4nc([C@@H]5C[C@H]6C[C@H]6N5C(=O)[C@@H](NC(=O)OC)C(C)C)[nH]c4Cl)cc3)cc2)[nH]1)C(C)C. The van der Waals surface area contributed by atoms with Gasteiger partial charge in [-0.2, -0.15) is 11.8 Å². The second-order valence-corrected chi connectivity index (χ2v) is 17.5. The highest BCUT2D eigenvalue weighted by molar-refractivity contribution is 7.99. The molecule has 4 N–H and O–H groups in total. The summed E-state index contributed by atoms with van der Waals surface area (Å²) in [7, 11) is 2.58. The number of H-pyrrole nitrogens is 2. The van der Waals surface area contributed by atoms with E-state index in [-0.39, 0.29) is 47.0 Å². The van der Waals surface area contributed by atoms with E-state index < -0.39 is 24.3 Å². The molecular formula is C42H51ClN8O6S. The molecule has 2 aromatic heterocycles. The Hall–Kier alpha value is -5.02. The average Bonchev–Trinajstić information content (AvgIpc) is 3.66. The van der Waals surface area contributed by atoms with Gasteiger partial charge >= 0.3 is 12.2 Å². The lowest BCUT2D eigenvalue weighted by atomic mass is 10.0. The van der Waals surface area contributed by atoms with Crippen LogP contribution < -0.4 is 10.6 Å². The van der Waals surface area contributed by atoms with Crippen molar-refractivity contribution in [3.63, 3.8) is 0 Å². The molecule has 2 aliphatic heterocycles. The Bertz CT molecular complexity index is 2140. The number of hydrogen-bond donors (Lipinski definition) is 4. The number of nitrogens with one attached hydrogen (secondary N) is 4. The summed E-state index contributed by atoms with van der Waals surface area (Å²) in [6.45, 7) is 8.17. The van der Waals surface area contributed by atoms with Crippen molar-refractivity contribution < 1.29 is 28.7 Å². The number of aromatic nitrogens is 4. The number of hydrogen-bond acceptors (Lipinski definition) is 9. The van der Waals surface area contributed by atoms with Crippen LogP contribution in [0.2, 0.25) is 5.15 Å². The van der Waals surface area contributed by atoms with Gasteiger partial charge in [-0.25, -0.2) is 19.6 Å². The van der Waals surface area contributed by atoms with Crippen molar-refractivity contribution in [2.45, 2.75) is 82.4 Å². The Morgan fingerprint density at radius 2 is 1.34 bits per heavy atom. The normalized spacial score (nSPS) is 22.1. The lowest BCUT2D eigenvalue weighted by Gasteiger charge is -2.31. The standard InChI is InChI=1S/C42H51ClN8O6S/c1-21(2)33(47-41(54)56-5)39(52)50-20-28(58-7)18-31(50)37-44-19-29(45-37)25-12-8-23(9-13-25)24-10-14-26(15-11-24)35-36(43)49-38(46-35)32-17-27-16-30(27)51(32)40(53)34(22(3)4)48-42(55)57-6/h8-15,19,21-22,27-28,30-34H,16-18,20H2,1-7H3,(H,44,45)(H,46,49)(H,47,54)(H,48,55)/t27-,28+,30-,31+,32+,33+,34+/m1/s1. The molecule has 2 aromatic carbocycles. The monoisotopic (exact) mass is 830 g/mol. The van der Waals surface area contributed by atoms with Gasteiger partial charge in [0.05, 0.1) is 38.2 Å². The van der Waals surface area contributed by atoms with E-state index in [1.165, 1.54) is 14.2 Å². The van der Waals surface area contributed by atoms with Crippen molar-refractivity contribution in [1.82, 2.24) is 40.4 Å². The lowest BCUT2D eigenvalue weighted by Crippen LogP contribution is -2.52. The average molecular weight is 831 g/mol. The number of likely N-dealkylation sites (tertiary alicyclic amines) is 2. The van der Waals surface area contributed by atoms with Gasteiger partial charge in [0.15, 0.2) is 0 Å². The number of imidazole rings is 2. The Balaban J connectivity index is 1.04. The number of ether oxygens (including phenoxy) is 2. The van der Waals surface area contributed by atoms with Crippen molar-refractivity contribution in [3.8, 4) is 33.6 Å². The number of benzene rings is 2. The summed E-state index contributed by atoms with van der Waals surface area (Å²) in [4.78, 5) is 71.8. The smallest absolute Gasteiger partial charge is 0.407 e. The summed E-state index contributed by atoms with van der Waals surface area (Å²) in [6, 6.07) is 14.4. The summed E-state index contributed by atoms with van der Waals surface area (Å²) < 4.78 is 9.58. The third-order valence-corrected chi connectivity index (χ3v) is 12.9. The minimum Gasteiger partial charge on any atom is -0.453 e. The van der Waals surface area contributed by atoms with E-state index in [1.54, 1.807) is 18.0 Å². The van der Waals surface area contributed by atoms with Gasteiger partial charge in [-0.1, -0.05) is 87.8 Å². The molecule has 3 aliphatic rings. The highest BCUT2D eigenvalue weighted by Crippen LogP contribution is 2.54. The number of nitrogens with zero attached hydrogens (tertiary/aromatic N) is 4. The summed E-state index contributed by atoms with van der Waals surface area (Å²) in [6.07, 6.45) is 5.05. The molecule has 7 rings (SSSR count). The highest BCUT2D eigenvalue weighted by Gasteiger charge is 2.56. The van der Waals surface area contributed by atoms with E-state index in [1.807, 2.05) is 80.1 Å². The molecule has 2 saturated heterocycles. The van der Waals surface area contributed by atoms with Crippen LogP contribution in [0.3, 0.4) is 0 Å². The maximum absolute atomic E-state index is 13.8. The van der Waals surface area contributed by atoms with E-state index in [9.17, 15) is 19.2 Å². The minimum absolute atomic E-state index is 0.119. The fraction of sp³-hybridized carbons (Fsp3) is 0.476. The molecule has 3 fully saturated rings. The Morgan fingerprint density at radius 1 is 0.776 bits per heavy atom. The predicted molar refractivity (Wildman–Crippen MR) is 223 cm³/mol. The number of carbonyl (C=O) groups is 4. The summed E-state index contributed by atoms with van der Waals surface area (Å²) in [5, 5.41) is 6.08. The van der Waals surface area contributed by atoms with Crippen LogP contribution in [0.25, 0.3) is 33.6 Å². The number of halogens is 1. The maximum atomic E-state index is 13.8. The van der Waals surface area contributed by atoms with Gasteiger partial charge in [0, 0.05) is 23.4 Å². The zero-order valence-corrected chi connectivity index (χ0v) is 35.3. The zero-order valence-electron chi connectivity index (χ0n) is 33.7. The Labute approximate surface area is 347 Å². The van der Waals surface area contributed by atoms with Gasteiger partial charge in [0.2, 0.25) is 11.8 Å². The van der Waals surface area contributed by atoms with Crippen LogP contribution in [-0.4, -0.2) is 104 Å². The van der Waals surface area contributed by atoms with Crippen LogP contribution in [0, 0.1) is 17.8 Å². The molecular weight excluding hydrogens is 780 g/mol. The van der Waals surface area contributed by atoms with E-state index in [0.717, 1.165) is 47.2 Å². The number of fused-ring (bicyclic) bond motifs is 1.